The molecule has 2 aliphatic heterocycles. The highest BCUT2D eigenvalue weighted by atomic mass is 32.1. The standard InChI is InChI=1S/C37H40FN7O4S/c1-21-16-44(26-19-49-20-26)22(2)15-43(21)25-8-9-34(39-13-25)41-31-10-23(17-42(3)36(31)47)28-11-24(38)12-32(30(28)18-46)45-37(48)35-29(14-40-45)27-6-4-5-7-33(27)50-35/h8-14,17,21-22,26,46H,4-7,15-16,18-20H2,1-3H3,(H,39,41)/t21-,22?/m0/s1. The first-order chi connectivity index (χ1) is 24.2. The molecule has 0 bridgehead atoms. The van der Waals surface area contributed by atoms with Crippen LogP contribution in [-0.4, -0.2) is 73.8 Å². The lowest BCUT2D eigenvalue weighted by atomic mass is 9.97. The maximum absolute atomic E-state index is 15.4. The van der Waals surface area contributed by atoms with Gasteiger partial charge in [0, 0.05) is 65.9 Å². The number of nitrogens with one attached hydrogen (secondary N) is 1. The quantitative estimate of drug-likeness (QED) is 0.248. The van der Waals surface area contributed by atoms with Crippen molar-refractivity contribution in [1.82, 2.24) is 24.2 Å². The van der Waals surface area contributed by atoms with Gasteiger partial charge in [-0.05, 0) is 74.9 Å². The highest BCUT2D eigenvalue weighted by molar-refractivity contribution is 7.19. The van der Waals surface area contributed by atoms with Gasteiger partial charge in [0.25, 0.3) is 11.1 Å². The molecule has 260 valence electrons. The van der Waals surface area contributed by atoms with Gasteiger partial charge in [-0.25, -0.2) is 9.37 Å². The number of aromatic nitrogens is 4. The molecular formula is C37H40FN7O4S. The molecule has 1 aromatic carbocycles. The molecule has 6 heterocycles. The Morgan fingerprint density at radius 2 is 1.86 bits per heavy atom. The second-order valence-corrected chi connectivity index (χ2v) is 14.9. The van der Waals surface area contributed by atoms with E-state index in [-0.39, 0.29) is 22.5 Å². The Bertz CT molecular complexity index is 2210. The summed E-state index contributed by atoms with van der Waals surface area (Å²) in [6.45, 7) is 7.41. The Morgan fingerprint density at radius 3 is 2.60 bits per heavy atom. The zero-order chi connectivity index (χ0) is 34.7. The summed E-state index contributed by atoms with van der Waals surface area (Å²) in [4.78, 5) is 37.8. The number of aliphatic hydroxyl groups is 1. The molecule has 2 saturated heterocycles. The van der Waals surface area contributed by atoms with E-state index < -0.39 is 12.4 Å². The lowest BCUT2D eigenvalue weighted by Gasteiger charge is -2.50. The van der Waals surface area contributed by atoms with E-state index in [0.717, 1.165) is 63.1 Å². The number of thiophene rings is 1. The number of ether oxygens (including phenoxy) is 1. The summed E-state index contributed by atoms with van der Waals surface area (Å²) in [5.74, 6) is -0.114. The van der Waals surface area contributed by atoms with Crippen LogP contribution in [0.2, 0.25) is 0 Å². The van der Waals surface area contributed by atoms with Crippen LogP contribution in [0.25, 0.3) is 26.9 Å². The monoisotopic (exact) mass is 697 g/mol. The number of halogens is 1. The minimum absolute atomic E-state index is 0.159. The molecular weight excluding hydrogens is 658 g/mol. The lowest BCUT2D eigenvalue weighted by Crippen LogP contribution is -2.63. The summed E-state index contributed by atoms with van der Waals surface area (Å²) in [6, 6.07) is 9.17. The molecule has 2 atom stereocenters. The van der Waals surface area contributed by atoms with Gasteiger partial charge in [0.15, 0.2) is 0 Å². The normalized spacial score (nSPS) is 19.8. The molecule has 2 fully saturated rings. The van der Waals surface area contributed by atoms with Crippen LogP contribution in [0, 0.1) is 5.82 Å². The van der Waals surface area contributed by atoms with Crippen molar-refractivity contribution in [3.63, 3.8) is 0 Å². The summed E-state index contributed by atoms with van der Waals surface area (Å²) in [7, 11) is 1.61. The van der Waals surface area contributed by atoms with Crippen LogP contribution in [0.15, 0.2) is 58.5 Å². The molecule has 8 rings (SSSR count). The highest BCUT2D eigenvalue weighted by Crippen LogP contribution is 2.36. The van der Waals surface area contributed by atoms with Gasteiger partial charge in [0.05, 0.1) is 49.6 Å². The SMILES string of the molecule is CC1CN(c2ccc(Nc3cc(-c4cc(F)cc(-n5ncc6c7c(sc6c5=O)CCCC7)c4CO)cn(C)c3=O)nc2)[C@@H](C)CN1C1COC1. The van der Waals surface area contributed by atoms with Crippen molar-refractivity contribution in [2.24, 2.45) is 7.05 Å². The number of rotatable bonds is 7. The van der Waals surface area contributed by atoms with Crippen molar-refractivity contribution in [3.05, 3.63) is 91.5 Å². The van der Waals surface area contributed by atoms with E-state index in [1.165, 1.54) is 43.2 Å². The Hall–Kier alpha value is -4.43. The molecule has 5 aromatic rings. The topological polar surface area (TPSA) is 118 Å². The molecule has 1 aliphatic carbocycles. The Labute approximate surface area is 292 Å². The molecule has 0 saturated carbocycles. The average Bonchev–Trinajstić information content (AvgIpc) is 3.47. The van der Waals surface area contributed by atoms with Crippen LogP contribution >= 0.6 is 11.3 Å². The van der Waals surface area contributed by atoms with Gasteiger partial charge < -0.3 is 24.6 Å². The van der Waals surface area contributed by atoms with Crippen molar-refractivity contribution in [3.8, 4) is 16.8 Å². The third-order valence-electron chi connectivity index (χ3n) is 10.4. The van der Waals surface area contributed by atoms with Crippen LogP contribution in [0.3, 0.4) is 0 Å². The van der Waals surface area contributed by atoms with Gasteiger partial charge in [0.1, 0.15) is 22.0 Å². The van der Waals surface area contributed by atoms with Crippen LogP contribution in [-0.2, 0) is 31.2 Å². The van der Waals surface area contributed by atoms with Gasteiger partial charge >= 0.3 is 0 Å². The second-order valence-electron chi connectivity index (χ2n) is 13.7. The predicted molar refractivity (Wildman–Crippen MR) is 194 cm³/mol. The Balaban J connectivity index is 1.10. The molecule has 11 nitrogen and oxygen atoms in total. The lowest BCUT2D eigenvalue weighted by molar-refractivity contribution is -0.0828. The maximum Gasteiger partial charge on any atom is 0.289 e. The van der Waals surface area contributed by atoms with Crippen molar-refractivity contribution in [1.29, 1.82) is 0 Å². The number of aliphatic hydroxyl groups excluding tert-OH is 1. The molecule has 3 aliphatic rings. The van der Waals surface area contributed by atoms with E-state index in [9.17, 15) is 14.7 Å². The van der Waals surface area contributed by atoms with Crippen LogP contribution in [0.1, 0.15) is 42.7 Å². The molecule has 1 unspecified atom stereocenters. The van der Waals surface area contributed by atoms with Gasteiger partial charge in [-0.1, -0.05) is 0 Å². The summed E-state index contributed by atoms with van der Waals surface area (Å²) in [5.41, 5.74) is 3.09. The highest BCUT2D eigenvalue weighted by Gasteiger charge is 2.36. The minimum Gasteiger partial charge on any atom is -0.392 e. The first-order valence-corrected chi connectivity index (χ1v) is 18.0. The number of fused-ring (bicyclic) bond motifs is 3. The predicted octanol–water partition coefficient (Wildman–Crippen LogP) is 4.76. The van der Waals surface area contributed by atoms with E-state index in [1.807, 2.05) is 18.3 Å². The fraction of sp³-hybridized carbons (Fsp3) is 0.405. The van der Waals surface area contributed by atoms with Crippen molar-refractivity contribution < 1.29 is 14.2 Å². The zero-order valence-corrected chi connectivity index (χ0v) is 29.2. The number of nitrogens with zero attached hydrogens (tertiary/aromatic N) is 6. The third-order valence-corrected chi connectivity index (χ3v) is 11.7. The number of aryl methyl sites for hydroxylation is 3. The molecule has 50 heavy (non-hydrogen) atoms. The summed E-state index contributed by atoms with van der Waals surface area (Å²) < 4.78 is 24.0. The van der Waals surface area contributed by atoms with E-state index in [2.05, 4.69) is 39.0 Å². The summed E-state index contributed by atoms with van der Waals surface area (Å²) >= 11 is 1.48. The number of hydrogen-bond acceptors (Lipinski definition) is 10. The molecule has 0 amide bonds. The van der Waals surface area contributed by atoms with Crippen LogP contribution < -0.4 is 21.3 Å². The number of benzene rings is 1. The van der Waals surface area contributed by atoms with Crippen molar-refractivity contribution >= 4 is 38.6 Å². The number of anilines is 3. The van der Waals surface area contributed by atoms with Gasteiger partial charge in [-0.2, -0.15) is 9.78 Å². The first kappa shape index (κ1) is 32.8. The van der Waals surface area contributed by atoms with Crippen LogP contribution in [0.4, 0.5) is 21.6 Å². The fourth-order valence-corrected chi connectivity index (χ4v) is 9.00. The Kier molecular flexibility index (Phi) is 8.54. The average molecular weight is 698 g/mol. The zero-order valence-electron chi connectivity index (χ0n) is 28.4. The largest absolute Gasteiger partial charge is 0.392 e. The smallest absolute Gasteiger partial charge is 0.289 e. The van der Waals surface area contributed by atoms with Crippen molar-refractivity contribution in [2.75, 3.05) is 36.5 Å². The van der Waals surface area contributed by atoms with E-state index in [1.54, 1.807) is 25.5 Å². The van der Waals surface area contributed by atoms with Gasteiger partial charge in [0.2, 0.25) is 0 Å². The van der Waals surface area contributed by atoms with Crippen LogP contribution in [0.5, 0.6) is 0 Å². The number of piperazine rings is 1. The van der Waals surface area contributed by atoms with Crippen molar-refractivity contribution in [2.45, 2.75) is 64.3 Å². The van der Waals surface area contributed by atoms with Gasteiger partial charge in [-0.3, -0.25) is 14.5 Å². The summed E-state index contributed by atoms with van der Waals surface area (Å²) in [6.07, 6.45) is 9.12. The molecule has 0 spiro atoms. The van der Waals surface area contributed by atoms with E-state index >= 15 is 4.39 Å². The Morgan fingerprint density at radius 1 is 1.04 bits per heavy atom. The maximum atomic E-state index is 15.4. The van der Waals surface area contributed by atoms with Gasteiger partial charge in [-0.15, -0.1) is 11.3 Å². The number of hydrogen-bond donors (Lipinski definition) is 2. The van der Waals surface area contributed by atoms with E-state index in [0.29, 0.717) is 45.3 Å². The second kappa shape index (κ2) is 13.0. The summed E-state index contributed by atoms with van der Waals surface area (Å²) in [5, 5.41) is 19.1. The third kappa shape index (κ3) is 5.71. The minimum atomic E-state index is -0.600. The molecule has 13 heteroatoms. The first-order valence-electron chi connectivity index (χ1n) is 17.2. The molecule has 0 radical (unpaired) electrons. The fourth-order valence-electron chi connectivity index (χ4n) is 7.71. The molecule has 2 N–H and O–H groups in total. The number of pyridine rings is 2. The molecule has 4 aromatic heterocycles. The van der Waals surface area contributed by atoms with E-state index in [4.69, 9.17) is 4.74 Å².